The van der Waals surface area contributed by atoms with Gasteiger partial charge in [-0.2, -0.15) is 0 Å². The van der Waals surface area contributed by atoms with E-state index in [4.69, 9.17) is 4.98 Å². The number of fused-ring (bicyclic) bond motifs is 1. The van der Waals surface area contributed by atoms with Crippen LogP contribution < -0.4 is 0 Å². The molecule has 2 aromatic rings. The molecule has 0 spiro atoms. The molecule has 0 aliphatic heterocycles. The third-order valence-corrected chi connectivity index (χ3v) is 5.15. The van der Waals surface area contributed by atoms with Crippen molar-refractivity contribution < 1.29 is 0 Å². The van der Waals surface area contributed by atoms with E-state index >= 15 is 0 Å². The lowest BCUT2D eigenvalue weighted by Crippen LogP contribution is -2.23. The summed E-state index contributed by atoms with van der Waals surface area (Å²) in [5.74, 6) is 1.43. The molecule has 0 atom stereocenters. The zero-order chi connectivity index (χ0) is 14.5. The molecule has 0 fully saturated rings. The van der Waals surface area contributed by atoms with Crippen molar-refractivity contribution in [2.75, 3.05) is 13.1 Å². The van der Waals surface area contributed by atoms with Crippen LogP contribution in [-0.2, 0) is 0 Å². The molecule has 0 radical (unpaired) electrons. The summed E-state index contributed by atoms with van der Waals surface area (Å²) in [6.07, 6.45) is 1.24. The minimum absolute atomic E-state index is 0.684. The van der Waals surface area contributed by atoms with Crippen molar-refractivity contribution in [3.05, 3.63) is 24.3 Å². The summed E-state index contributed by atoms with van der Waals surface area (Å²) in [5, 5.41) is 0. The van der Waals surface area contributed by atoms with E-state index in [2.05, 4.69) is 56.3 Å². The van der Waals surface area contributed by atoms with Gasteiger partial charge in [0.1, 0.15) is 0 Å². The number of para-hydroxylation sites is 1. The van der Waals surface area contributed by atoms with Crippen molar-refractivity contribution in [3.63, 3.8) is 0 Å². The van der Waals surface area contributed by atoms with Crippen molar-refractivity contribution in [2.24, 2.45) is 11.8 Å². The Morgan fingerprint density at radius 2 is 1.90 bits per heavy atom. The molecule has 20 heavy (non-hydrogen) atoms. The van der Waals surface area contributed by atoms with Gasteiger partial charge in [0.25, 0.3) is 0 Å². The Labute approximate surface area is 130 Å². The van der Waals surface area contributed by atoms with Crippen molar-refractivity contribution in [1.82, 2.24) is 9.29 Å². The first kappa shape index (κ1) is 15.8. The van der Waals surface area contributed by atoms with Gasteiger partial charge in [0, 0.05) is 13.1 Å². The quantitative estimate of drug-likeness (QED) is 0.645. The van der Waals surface area contributed by atoms with Crippen molar-refractivity contribution >= 4 is 33.5 Å². The van der Waals surface area contributed by atoms with E-state index in [1.54, 1.807) is 11.3 Å². The summed E-state index contributed by atoms with van der Waals surface area (Å²) in [5.41, 5.74) is 1.12. The zero-order valence-corrected chi connectivity index (χ0v) is 14.4. The van der Waals surface area contributed by atoms with Gasteiger partial charge >= 0.3 is 0 Å². The minimum Gasteiger partial charge on any atom is -0.244 e. The summed E-state index contributed by atoms with van der Waals surface area (Å²) >= 11 is 3.62. The molecular formula is C16H24N2S2. The average Bonchev–Trinajstić information content (AvgIpc) is 2.77. The highest BCUT2D eigenvalue weighted by Crippen LogP contribution is 2.32. The van der Waals surface area contributed by atoms with Gasteiger partial charge in [-0.25, -0.2) is 9.29 Å². The number of nitrogens with zero attached hydrogens (tertiary/aromatic N) is 2. The van der Waals surface area contributed by atoms with Crippen LogP contribution in [0.25, 0.3) is 10.2 Å². The van der Waals surface area contributed by atoms with Crippen LogP contribution in [0.3, 0.4) is 0 Å². The molecule has 1 heterocycles. The molecule has 0 bridgehead atoms. The maximum Gasteiger partial charge on any atom is 0.166 e. The predicted octanol–water partition coefficient (Wildman–Crippen LogP) is 5.31. The van der Waals surface area contributed by atoms with Crippen LogP contribution in [0.4, 0.5) is 0 Å². The van der Waals surface area contributed by atoms with Gasteiger partial charge in [-0.1, -0.05) is 39.8 Å². The van der Waals surface area contributed by atoms with Gasteiger partial charge in [0.05, 0.1) is 10.2 Å². The lowest BCUT2D eigenvalue weighted by Gasteiger charge is -2.22. The summed E-state index contributed by atoms with van der Waals surface area (Å²) in [6.45, 7) is 11.4. The molecule has 0 amide bonds. The highest BCUT2D eigenvalue weighted by Gasteiger charge is 2.13. The van der Waals surface area contributed by atoms with Crippen molar-refractivity contribution in [2.45, 2.75) is 38.5 Å². The lowest BCUT2D eigenvalue weighted by atomic mass is 10.1. The Morgan fingerprint density at radius 1 is 1.15 bits per heavy atom. The molecule has 4 heteroatoms. The number of aromatic nitrogens is 1. The monoisotopic (exact) mass is 308 g/mol. The van der Waals surface area contributed by atoms with Crippen LogP contribution in [0, 0.1) is 11.8 Å². The predicted molar refractivity (Wildman–Crippen MR) is 91.3 cm³/mol. The van der Waals surface area contributed by atoms with Gasteiger partial charge in [-0.15, -0.1) is 11.3 Å². The van der Waals surface area contributed by atoms with E-state index in [1.165, 1.54) is 11.1 Å². The standard InChI is InChI=1S/C16H24N2S2/c1-12(2)9-10-18(11-13(3)4)20-16-17-14-7-5-6-8-15(14)19-16/h5-8,12-13H,9-11H2,1-4H3. The molecule has 110 valence electrons. The molecule has 2 rings (SSSR count). The third kappa shape index (κ3) is 4.76. The SMILES string of the molecule is CC(C)CCN(CC(C)C)Sc1nc2ccccc2s1. The number of hydrogen-bond acceptors (Lipinski definition) is 4. The summed E-state index contributed by atoms with van der Waals surface area (Å²) in [6, 6.07) is 8.38. The molecule has 0 unspecified atom stereocenters. The number of hydrogen-bond donors (Lipinski definition) is 0. The fourth-order valence-electron chi connectivity index (χ4n) is 1.98. The molecular weight excluding hydrogens is 284 g/mol. The topological polar surface area (TPSA) is 16.1 Å². The second-order valence-corrected chi connectivity index (χ2v) is 8.38. The number of thiazole rings is 1. The summed E-state index contributed by atoms with van der Waals surface area (Å²) < 4.78 is 4.92. The van der Waals surface area contributed by atoms with Gasteiger partial charge in [0.2, 0.25) is 0 Å². The van der Waals surface area contributed by atoms with E-state index in [0.29, 0.717) is 5.92 Å². The minimum atomic E-state index is 0.684. The molecule has 0 aliphatic carbocycles. The molecule has 1 aromatic heterocycles. The van der Waals surface area contributed by atoms with Crippen LogP contribution >= 0.6 is 23.3 Å². The Balaban J connectivity index is 2.05. The molecule has 0 saturated carbocycles. The van der Waals surface area contributed by atoms with Crippen LogP contribution in [0.5, 0.6) is 0 Å². The first-order valence-corrected chi connectivity index (χ1v) is 8.92. The normalized spacial score (nSPS) is 12.2. The lowest BCUT2D eigenvalue weighted by molar-refractivity contribution is 0.377. The highest BCUT2D eigenvalue weighted by molar-refractivity contribution is 7.98. The molecule has 0 aliphatic rings. The fraction of sp³-hybridized carbons (Fsp3) is 0.562. The van der Waals surface area contributed by atoms with E-state index < -0.39 is 0 Å². The Kier molecular flexibility index (Phi) is 5.87. The first-order valence-electron chi connectivity index (χ1n) is 7.33. The Hall–Kier alpha value is -0.580. The van der Waals surface area contributed by atoms with Gasteiger partial charge in [0.15, 0.2) is 4.34 Å². The van der Waals surface area contributed by atoms with E-state index in [-0.39, 0.29) is 0 Å². The third-order valence-electron chi connectivity index (χ3n) is 3.01. The fourth-order valence-corrected chi connectivity index (χ4v) is 4.35. The molecule has 2 nitrogen and oxygen atoms in total. The van der Waals surface area contributed by atoms with Crippen LogP contribution in [0.15, 0.2) is 28.6 Å². The zero-order valence-electron chi connectivity index (χ0n) is 12.8. The van der Waals surface area contributed by atoms with Crippen molar-refractivity contribution in [1.29, 1.82) is 0 Å². The van der Waals surface area contributed by atoms with Gasteiger partial charge in [-0.3, -0.25) is 0 Å². The molecule has 1 aromatic carbocycles. The van der Waals surface area contributed by atoms with Crippen LogP contribution in [0.2, 0.25) is 0 Å². The average molecular weight is 309 g/mol. The largest absolute Gasteiger partial charge is 0.244 e. The molecule has 0 saturated heterocycles. The Bertz CT molecular complexity index is 501. The Morgan fingerprint density at radius 3 is 2.55 bits per heavy atom. The first-order chi connectivity index (χ1) is 9.54. The smallest absolute Gasteiger partial charge is 0.166 e. The molecule has 0 N–H and O–H groups in total. The number of benzene rings is 1. The second-order valence-electron chi connectivity index (χ2n) is 6.00. The second kappa shape index (κ2) is 7.43. The number of rotatable bonds is 7. The van der Waals surface area contributed by atoms with E-state index in [0.717, 1.165) is 28.9 Å². The van der Waals surface area contributed by atoms with Crippen molar-refractivity contribution in [3.8, 4) is 0 Å². The van der Waals surface area contributed by atoms with Crippen LogP contribution in [0.1, 0.15) is 34.1 Å². The maximum absolute atomic E-state index is 4.73. The van der Waals surface area contributed by atoms with Gasteiger partial charge in [-0.05, 0) is 42.3 Å². The summed E-state index contributed by atoms with van der Waals surface area (Å²) in [7, 11) is 0. The van der Waals surface area contributed by atoms with Crippen LogP contribution in [-0.4, -0.2) is 22.4 Å². The highest BCUT2D eigenvalue weighted by atomic mass is 32.2. The van der Waals surface area contributed by atoms with Gasteiger partial charge < -0.3 is 0 Å². The maximum atomic E-state index is 4.73. The van der Waals surface area contributed by atoms with E-state index in [1.807, 2.05) is 11.9 Å². The summed E-state index contributed by atoms with van der Waals surface area (Å²) in [4.78, 5) is 4.73. The van der Waals surface area contributed by atoms with E-state index in [9.17, 15) is 0 Å².